The molecule has 2 heterocycles. The van der Waals surface area contributed by atoms with Gasteiger partial charge in [-0.05, 0) is 81.9 Å². The maximum atomic E-state index is 13.9. The molecule has 5 rings (SSSR count). The van der Waals surface area contributed by atoms with Gasteiger partial charge in [-0.1, -0.05) is 47.0 Å². The highest BCUT2D eigenvalue weighted by Gasteiger charge is 2.59. The molecule has 174 valence electrons. The SMILES string of the molecule is Cc1ccc(NC(=O)[C@H]2[C@H]3NC(=S)N(c4ccc(Cl)cc4)[C@@]2(C)Oc2ccc(C)cc23)c(C)c1. The predicted molar refractivity (Wildman–Crippen MR) is 141 cm³/mol. The highest BCUT2D eigenvalue weighted by molar-refractivity contribution is 7.80. The van der Waals surface area contributed by atoms with Crippen LogP contribution < -0.4 is 20.3 Å². The summed E-state index contributed by atoms with van der Waals surface area (Å²) in [4.78, 5) is 15.8. The lowest BCUT2D eigenvalue weighted by molar-refractivity contribution is -0.130. The highest BCUT2D eigenvalue weighted by Crippen LogP contribution is 2.50. The van der Waals surface area contributed by atoms with Crippen LogP contribution in [0.4, 0.5) is 11.4 Å². The number of hydrogen-bond acceptors (Lipinski definition) is 3. The van der Waals surface area contributed by atoms with E-state index in [4.69, 9.17) is 28.6 Å². The van der Waals surface area contributed by atoms with Crippen LogP contribution in [0, 0.1) is 26.7 Å². The number of hydrogen-bond donors (Lipinski definition) is 2. The molecule has 2 bridgehead atoms. The van der Waals surface area contributed by atoms with E-state index in [2.05, 4.69) is 22.8 Å². The zero-order valence-electron chi connectivity index (χ0n) is 19.5. The molecule has 7 heteroatoms. The Balaban J connectivity index is 1.63. The monoisotopic (exact) mass is 491 g/mol. The number of anilines is 2. The molecule has 3 aromatic rings. The van der Waals surface area contributed by atoms with Crippen LogP contribution in [0.3, 0.4) is 0 Å². The number of fused-ring (bicyclic) bond motifs is 4. The Bertz CT molecular complexity index is 1310. The fraction of sp³-hybridized carbons (Fsp3) is 0.259. The number of nitrogens with zero attached hydrogens (tertiary/aromatic N) is 1. The number of halogens is 1. The van der Waals surface area contributed by atoms with Crippen molar-refractivity contribution in [3.05, 3.63) is 87.9 Å². The molecule has 3 atom stereocenters. The molecule has 0 saturated carbocycles. The second kappa shape index (κ2) is 8.29. The largest absolute Gasteiger partial charge is 0.467 e. The summed E-state index contributed by atoms with van der Waals surface area (Å²) in [5.74, 6) is 0.00749. The molecule has 2 aliphatic heterocycles. The highest BCUT2D eigenvalue weighted by atomic mass is 35.5. The number of carbonyl (C=O) groups is 1. The second-order valence-corrected chi connectivity index (χ2v) is 10.0. The van der Waals surface area contributed by atoms with Crippen LogP contribution in [0.2, 0.25) is 5.02 Å². The van der Waals surface area contributed by atoms with Gasteiger partial charge in [0, 0.05) is 22.0 Å². The summed E-state index contributed by atoms with van der Waals surface area (Å²) < 4.78 is 6.64. The van der Waals surface area contributed by atoms with Gasteiger partial charge < -0.3 is 15.4 Å². The lowest BCUT2D eigenvalue weighted by atomic mass is 9.78. The van der Waals surface area contributed by atoms with Crippen molar-refractivity contribution in [2.45, 2.75) is 39.5 Å². The van der Waals surface area contributed by atoms with Crippen molar-refractivity contribution in [2.75, 3.05) is 10.2 Å². The van der Waals surface area contributed by atoms with E-state index >= 15 is 0 Å². The standard InChI is InChI=1S/C27H26ClN3O2S/c1-15-5-11-21(17(3)13-15)29-25(32)23-24-20-14-16(2)6-12-22(20)33-27(23,4)31(26(34)30-24)19-9-7-18(28)8-10-19/h5-14,23-24H,1-4H3,(H,29,32)(H,30,34)/t23-,24+,27+/m1/s1. The Hall–Kier alpha value is -3.09. The van der Waals surface area contributed by atoms with Crippen LogP contribution in [-0.4, -0.2) is 16.7 Å². The van der Waals surface area contributed by atoms with Gasteiger partial charge >= 0.3 is 0 Å². The Morgan fingerprint density at radius 1 is 1.06 bits per heavy atom. The van der Waals surface area contributed by atoms with Crippen LogP contribution >= 0.6 is 23.8 Å². The van der Waals surface area contributed by atoms with E-state index in [1.54, 1.807) is 12.1 Å². The zero-order valence-corrected chi connectivity index (χ0v) is 21.1. The van der Waals surface area contributed by atoms with Gasteiger partial charge in [-0.2, -0.15) is 0 Å². The fourth-order valence-electron chi connectivity index (χ4n) is 5.05. The first kappa shape index (κ1) is 22.7. The minimum Gasteiger partial charge on any atom is -0.467 e. The maximum Gasteiger partial charge on any atom is 0.236 e. The number of carbonyl (C=O) groups excluding carboxylic acids is 1. The average molecular weight is 492 g/mol. The first-order chi connectivity index (χ1) is 16.2. The Morgan fingerprint density at radius 2 is 1.74 bits per heavy atom. The number of amides is 1. The average Bonchev–Trinajstić information content (AvgIpc) is 2.77. The third kappa shape index (κ3) is 3.71. The third-order valence-electron chi connectivity index (χ3n) is 6.66. The first-order valence-corrected chi connectivity index (χ1v) is 12.0. The summed E-state index contributed by atoms with van der Waals surface area (Å²) in [5.41, 5.74) is 4.69. The minimum atomic E-state index is -1.06. The van der Waals surface area contributed by atoms with Crippen LogP contribution in [0.25, 0.3) is 0 Å². The lowest BCUT2D eigenvalue weighted by Gasteiger charge is -2.56. The zero-order chi connectivity index (χ0) is 24.2. The van der Waals surface area contributed by atoms with Crippen molar-refractivity contribution in [1.29, 1.82) is 0 Å². The summed E-state index contributed by atoms with van der Waals surface area (Å²) in [6, 6.07) is 19.1. The Kier molecular flexibility index (Phi) is 5.53. The van der Waals surface area contributed by atoms with E-state index in [1.165, 1.54) is 0 Å². The van der Waals surface area contributed by atoms with E-state index in [1.807, 2.05) is 69.0 Å². The van der Waals surface area contributed by atoms with Crippen molar-refractivity contribution in [3.63, 3.8) is 0 Å². The van der Waals surface area contributed by atoms with Crippen molar-refractivity contribution in [3.8, 4) is 5.75 Å². The van der Waals surface area contributed by atoms with E-state index < -0.39 is 11.6 Å². The topological polar surface area (TPSA) is 53.6 Å². The van der Waals surface area contributed by atoms with Gasteiger partial charge in [0.1, 0.15) is 11.7 Å². The van der Waals surface area contributed by atoms with Crippen LogP contribution in [0.15, 0.2) is 60.7 Å². The molecular formula is C27H26ClN3O2S. The molecule has 3 aromatic carbocycles. The number of aryl methyl sites for hydroxylation is 3. The molecule has 0 aliphatic carbocycles. The van der Waals surface area contributed by atoms with E-state index in [0.717, 1.165) is 39.4 Å². The fourth-order valence-corrected chi connectivity index (χ4v) is 5.59. The quantitative estimate of drug-likeness (QED) is 0.436. The molecule has 0 radical (unpaired) electrons. The van der Waals surface area contributed by atoms with Crippen molar-refractivity contribution < 1.29 is 9.53 Å². The van der Waals surface area contributed by atoms with Gasteiger partial charge in [0.05, 0.1) is 6.04 Å². The number of ether oxygens (including phenoxy) is 1. The molecule has 0 spiro atoms. The van der Waals surface area contributed by atoms with Gasteiger partial charge in [0.15, 0.2) is 10.8 Å². The molecule has 1 saturated heterocycles. The number of thiocarbonyl (C=S) groups is 1. The predicted octanol–water partition coefficient (Wildman–Crippen LogP) is 6.06. The van der Waals surface area contributed by atoms with Crippen molar-refractivity contribution >= 4 is 46.2 Å². The summed E-state index contributed by atoms with van der Waals surface area (Å²) in [7, 11) is 0. The van der Waals surface area contributed by atoms with E-state index in [0.29, 0.717) is 10.1 Å². The maximum absolute atomic E-state index is 13.9. The second-order valence-electron chi connectivity index (χ2n) is 9.22. The van der Waals surface area contributed by atoms with Gasteiger partial charge in [-0.25, -0.2) is 0 Å². The number of rotatable bonds is 3. The summed E-state index contributed by atoms with van der Waals surface area (Å²) in [5, 5.41) is 7.72. The first-order valence-electron chi connectivity index (χ1n) is 11.2. The van der Waals surface area contributed by atoms with Crippen LogP contribution in [0.1, 0.15) is 35.2 Å². The van der Waals surface area contributed by atoms with E-state index in [-0.39, 0.29) is 11.9 Å². The molecule has 0 aromatic heterocycles. The smallest absolute Gasteiger partial charge is 0.236 e. The lowest BCUT2D eigenvalue weighted by Crippen LogP contribution is -2.72. The molecule has 0 unspecified atom stereocenters. The van der Waals surface area contributed by atoms with Crippen LogP contribution in [-0.2, 0) is 4.79 Å². The third-order valence-corrected chi connectivity index (χ3v) is 7.21. The summed E-state index contributed by atoms with van der Waals surface area (Å²) in [6.45, 7) is 7.98. The Labute approximate surface area is 210 Å². The number of nitrogens with one attached hydrogen (secondary N) is 2. The molecule has 34 heavy (non-hydrogen) atoms. The molecule has 5 nitrogen and oxygen atoms in total. The molecular weight excluding hydrogens is 466 g/mol. The van der Waals surface area contributed by atoms with Crippen molar-refractivity contribution in [2.24, 2.45) is 5.92 Å². The normalized spacial score (nSPS) is 23.0. The van der Waals surface area contributed by atoms with Gasteiger partial charge in [-0.3, -0.25) is 9.69 Å². The van der Waals surface area contributed by atoms with Crippen LogP contribution in [0.5, 0.6) is 5.75 Å². The summed E-state index contributed by atoms with van der Waals surface area (Å²) >= 11 is 11.9. The van der Waals surface area contributed by atoms with Crippen molar-refractivity contribution in [1.82, 2.24) is 5.32 Å². The van der Waals surface area contributed by atoms with Gasteiger partial charge in [0.25, 0.3) is 0 Å². The molecule has 1 amide bonds. The minimum absolute atomic E-state index is 0.138. The van der Waals surface area contributed by atoms with Gasteiger partial charge in [0.2, 0.25) is 5.91 Å². The Morgan fingerprint density at radius 3 is 2.44 bits per heavy atom. The van der Waals surface area contributed by atoms with Gasteiger partial charge in [-0.15, -0.1) is 0 Å². The molecule has 2 aliphatic rings. The number of benzene rings is 3. The molecule has 1 fully saturated rings. The summed E-state index contributed by atoms with van der Waals surface area (Å²) in [6.07, 6.45) is 0. The van der Waals surface area contributed by atoms with E-state index in [9.17, 15) is 4.79 Å². The molecule has 2 N–H and O–H groups in total.